The summed E-state index contributed by atoms with van der Waals surface area (Å²) in [6, 6.07) is 27.4. The minimum Gasteiger partial charge on any atom is -0.443 e. The summed E-state index contributed by atoms with van der Waals surface area (Å²) < 4.78 is 42.4. The number of rotatable bonds is 5. The lowest BCUT2D eigenvalue weighted by Crippen LogP contribution is -2.45. The molecule has 5 rings (SSSR count). The smallest absolute Gasteiger partial charge is 0.442 e. The molecule has 0 aliphatic carbocycles. The second kappa shape index (κ2) is 16.7. The van der Waals surface area contributed by atoms with Crippen molar-refractivity contribution in [1.82, 2.24) is 10.2 Å². The number of anilines is 1. The largest absolute Gasteiger partial charge is 0.443 e. The van der Waals surface area contributed by atoms with Crippen molar-refractivity contribution in [3.8, 4) is 0 Å². The third kappa shape index (κ3) is 11.6. The maximum absolute atomic E-state index is 12.7. The number of benzene rings is 3. The van der Waals surface area contributed by atoms with E-state index >= 15 is 0 Å². The zero-order valence-electron chi connectivity index (χ0n) is 24.7. The van der Waals surface area contributed by atoms with Gasteiger partial charge in [-0.1, -0.05) is 78.9 Å². The van der Waals surface area contributed by atoms with Crippen LogP contribution in [0.4, 0.5) is 20.1 Å². The van der Waals surface area contributed by atoms with Gasteiger partial charge in [0.05, 0.1) is 31.0 Å². The second-order valence-corrected chi connectivity index (χ2v) is 15.2. The first-order valence-electron chi connectivity index (χ1n) is 14.4. The average molecular weight is 656 g/mol. The summed E-state index contributed by atoms with van der Waals surface area (Å²) in [6.07, 6.45) is -1.56. The highest BCUT2D eigenvalue weighted by Crippen LogP contribution is 2.12. The Labute approximate surface area is 263 Å². The Morgan fingerprint density at radius 3 is 1.56 bits per heavy atom. The minimum absolute atomic E-state index is 0.0876. The number of carbonyl (C=O) groups is 3. The first kappa shape index (κ1) is 33.6. The molecule has 2 aliphatic heterocycles. The van der Waals surface area contributed by atoms with Crippen molar-refractivity contribution in [3.63, 3.8) is 0 Å². The number of hydrogen-bond acceptors (Lipinski definition) is 8. The molecule has 0 unspecified atom stereocenters. The third-order valence-corrected chi connectivity index (χ3v) is 11.0. The van der Waals surface area contributed by atoms with E-state index in [1.54, 1.807) is 17.0 Å². The number of amides is 4. The summed E-state index contributed by atoms with van der Waals surface area (Å²) in [6.45, 7) is 2.06. The Morgan fingerprint density at radius 1 is 0.667 bits per heavy atom. The molecule has 0 atom stereocenters. The molecule has 0 spiro atoms. The van der Waals surface area contributed by atoms with E-state index in [4.69, 9.17) is 9.47 Å². The van der Waals surface area contributed by atoms with Gasteiger partial charge in [0.1, 0.15) is 13.2 Å². The summed E-state index contributed by atoms with van der Waals surface area (Å²) in [5.74, 6) is 1.12. The molecule has 2 N–H and O–H groups in total. The monoisotopic (exact) mass is 655 g/mol. The van der Waals surface area contributed by atoms with E-state index in [1.165, 1.54) is 0 Å². The molecule has 2 aliphatic rings. The van der Waals surface area contributed by atoms with Crippen LogP contribution in [0.1, 0.15) is 11.1 Å². The molecule has 0 bridgehead atoms. The topological polar surface area (TPSA) is 156 Å². The lowest BCUT2D eigenvalue weighted by atomic mass is 10.2. The van der Waals surface area contributed by atoms with Crippen LogP contribution in [0.15, 0.2) is 99.7 Å². The third-order valence-electron chi connectivity index (χ3n) is 6.76. The normalized spacial score (nSPS) is 16.6. The van der Waals surface area contributed by atoms with E-state index in [2.05, 4.69) is 19.4 Å². The number of urea groups is 1. The Kier molecular flexibility index (Phi) is 12.5. The van der Waals surface area contributed by atoms with Gasteiger partial charge in [0, 0.05) is 43.4 Å². The predicted molar refractivity (Wildman–Crippen MR) is 174 cm³/mol. The highest BCUT2D eigenvalue weighted by atomic mass is 32.2. The van der Waals surface area contributed by atoms with Crippen molar-refractivity contribution < 1.29 is 32.3 Å². The SMILES string of the molecule is O=C(N=S1(=O)CCN(C(=O)Nc2ccccc2)CC1)OCc1ccccc1.O=C(N=S1(=O)CCNCC1)OCc1ccccc1. The van der Waals surface area contributed by atoms with Crippen molar-refractivity contribution in [3.05, 3.63) is 102 Å². The summed E-state index contributed by atoms with van der Waals surface area (Å²) in [5.41, 5.74) is 2.42. The van der Waals surface area contributed by atoms with Crippen molar-refractivity contribution in [2.24, 2.45) is 8.73 Å². The summed E-state index contributed by atoms with van der Waals surface area (Å²) in [4.78, 5) is 37.2. The van der Waals surface area contributed by atoms with Crippen molar-refractivity contribution in [2.75, 3.05) is 54.5 Å². The van der Waals surface area contributed by atoms with E-state index in [-0.39, 0.29) is 43.8 Å². The Bertz CT molecular complexity index is 1650. The molecule has 14 heteroatoms. The van der Waals surface area contributed by atoms with Gasteiger partial charge >= 0.3 is 18.2 Å². The maximum Gasteiger partial charge on any atom is 0.442 e. The van der Waals surface area contributed by atoms with Gasteiger partial charge in [-0.15, -0.1) is 8.73 Å². The van der Waals surface area contributed by atoms with Crippen molar-refractivity contribution in [2.45, 2.75) is 13.2 Å². The lowest BCUT2D eigenvalue weighted by molar-refractivity contribution is 0.150. The van der Waals surface area contributed by atoms with E-state index < -0.39 is 31.6 Å². The van der Waals surface area contributed by atoms with Crippen LogP contribution in [0.5, 0.6) is 0 Å². The number of carbonyl (C=O) groups excluding carboxylic acids is 3. The Morgan fingerprint density at radius 2 is 1.09 bits per heavy atom. The fourth-order valence-corrected chi connectivity index (χ4v) is 7.64. The van der Waals surface area contributed by atoms with Crippen molar-refractivity contribution in [1.29, 1.82) is 0 Å². The van der Waals surface area contributed by atoms with E-state index in [9.17, 15) is 22.8 Å². The summed E-state index contributed by atoms with van der Waals surface area (Å²) >= 11 is 0. The molecule has 240 valence electrons. The molecule has 0 aromatic heterocycles. The minimum atomic E-state index is -2.70. The zero-order valence-corrected chi connectivity index (χ0v) is 26.4. The van der Waals surface area contributed by atoms with Gasteiger partial charge in [-0.2, -0.15) is 0 Å². The average Bonchev–Trinajstić information content (AvgIpc) is 3.05. The van der Waals surface area contributed by atoms with E-state index in [1.807, 2.05) is 78.9 Å². The first-order valence-corrected chi connectivity index (χ1v) is 18.1. The molecule has 3 aromatic carbocycles. The molecule has 0 radical (unpaired) electrons. The molecule has 2 saturated heterocycles. The maximum atomic E-state index is 12.7. The van der Waals surface area contributed by atoms with Crippen LogP contribution < -0.4 is 10.6 Å². The van der Waals surface area contributed by atoms with Gasteiger partial charge in [-0.05, 0) is 23.3 Å². The van der Waals surface area contributed by atoms with Crippen LogP contribution in [0, 0.1) is 0 Å². The molecule has 4 amide bonds. The zero-order chi connectivity index (χ0) is 32.0. The van der Waals surface area contributed by atoms with Crippen molar-refractivity contribution >= 4 is 43.4 Å². The second-order valence-electron chi connectivity index (χ2n) is 10.2. The van der Waals surface area contributed by atoms with Gasteiger partial charge in [0.15, 0.2) is 0 Å². The van der Waals surface area contributed by atoms with Crippen LogP contribution in [-0.4, -0.2) is 80.7 Å². The molecular formula is C31H37N5O7S2. The van der Waals surface area contributed by atoms with Crippen LogP contribution >= 0.6 is 0 Å². The van der Waals surface area contributed by atoms with Gasteiger partial charge in [-0.25, -0.2) is 22.8 Å². The van der Waals surface area contributed by atoms with Gasteiger partial charge in [-0.3, -0.25) is 0 Å². The molecule has 45 heavy (non-hydrogen) atoms. The molecule has 2 fully saturated rings. The number of ether oxygens (including phenoxy) is 2. The fraction of sp³-hybridized carbons (Fsp3) is 0.323. The summed E-state index contributed by atoms with van der Waals surface area (Å²) in [7, 11) is -5.11. The highest BCUT2D eigenvalue weighted by Gasteiger charge is 2.25. The van der Waals surface area contributed by atoms with E-state index in [0.717, 1.165) is 11.1 Å². The molecule has 2 heterocycles. The number of nitrogens with zero attached hydrogens (tertiary/aromatic N) is 3. The predicted octanol–water partition coefficient (Wildman–Crippen LogP) is 4.73. The van der Waals surface area contributed by atoms with E-state index in [0.29, 0.717) is 30.3 Å². The van der Waals surface area contributed by atoms with Crippen LogP contribution in [0.3, 0.4) is 0 Å². The highest BCUT2D eigenvalue weighted by molar-refractivity contribution is 7.94. The standard InChI is InChI=1S/C19H21N3O4S.C12H16N2O3S/c23-18(20-17-9-5-2-6-10-17)22-11-13-27(25,14-12-22)21-19(24)26-15-16-7-3-1-4-8-16;15-12(14-18(16)8-6-13-7-9-18)17-10-11-4-2-1-3-5-11/h1-10H,11-15H2,(H,20,23);1-5,13H,6-10H2. The molecule has 0 saturated carbocycles. The molecule has 12 nitrogen and oxygen atoms in total. The molecule has 3 aromatic rings. The van der Waals surface area contributed by atoms with Gasteiger partial charge in [0.2, 0.25) is 0 Å². The Balaban J connectivity index is 0.000000222. The van der Waals surface area contributed by atoms with Gasteiger partial charge < -0.3 is 25.0 Å². The fourth-order valence-electron chi connectivity index (χ4n) is 4.28. The lowest BCUT2D eigenvalue weighted by Gasteiger charge is -2.28. The number of para-hydroxylation sites is 1. The number of hydrogen-bond donors (Lipinski definition) is 2. The van der Waals surface area contributed by atoms with Crippen LogP contribution in [0.2, 0.25) is 0 Å². The van der Waals surface area contributed by atoms with Gasteiger partial charge in [0.25, 0.3) is 0 Å². The Hall–Kier alpha value is -4.27. The molecular weight excluding hydrogens is 619 g/mol. The number of nitrogens with one attached hydrogen (secondary N) is 2. The van der Waals surface area contributed by atoms with Crippen LogP contribution in [-0.2, 0) is 42.1 Å². The summed E-state index contributed by atoms with van der Waals surface area (Å²) in [5, 5.41) is 5.87. The first-order chi connectivity index (χ1) is 21.7. The van der Waals surface area contributed by atoms with Crippen LogP contribution in [0.25, 0.3) is 0 Å². The quantitative estimate of drug-likeness (QED) is 0.400.